The lowest BCUT2D eigenvalue weighted by Crippen LogP contribution is -2.35. The Morgan fingerprint density at radius 2 is 2.33 bits per heavy atom. The van der Waals surface area contributed by atoms with E-state index in [-0.39, 0.29) is 6.10 Å². The minimum atomic E-state index is -0.775. The zero-order valence-corrected chi connectivity index (χ0v) is 7.25. The molecule has 1 aliphatic heterocycles. The SMILES string of the molecule is C=C(C)[C@@H]1OCCC[C@H]1C(=O)O. The zero-order chi connectivity index (χ0) is 9.14. The molecule has 1 N–H and O–H groups in total. The van der Waals surface area contributed by atoms with Crippen LogP contribution in [0.2, 0.25) is 0 Å². The summed E-state index contributed by atoms with van der Waals surface area (Å²) in [4.78, 5) is 10.7. The van der Waals surface area contributed by atoms with Crippen LogP contribution < -0.4 is 0 Å². The van der Waals surface area contributed by atoms with Gasteiger partial charge in [0, 0.05) is 6.61 Å². The van der Waals surface area contributed by atoms with Gasteiger partial charge in [-0.25, -0.2) is 0 Å². The van der Waals surface area contributed by atoms with Gasteiger partial charge < -0.3 is 9.84 Å². The lowest BCUT2D eigenvalue weighted by molar-refractivity contribution is -0.149. The van der Waals surface area contributed by atoms with E-state index in [2.05, 4.69) is 6.58 Å². The molecule has 0 aromatic heterocycles. The third kappa shape index (κ3) is 1.85. The molecule has 0 bridgehead atoms. The highest BCUT2D eigenvalue weighted by molar-refractivity contribution is 5.71. The van der Waals surface area contributed by atoms with E-state index in [0.717, 1.165) is 12.0 Å². The number of aliphatic carboxylic acids is 1. The summed E-state index contributed by atoms with van der Waals surface area (Å²) in [5.41, 5.74) is 0.808. The summed E-state index contributed by atoms with van der Waals surface area (Å²) in [5, 5.41) is 8.84. The van der Waals surface area contributed by atoms with Gasteiger partial charge in [0.15, 0.2) is 0 Å². The average Bonchev–Trinajstić information content (AvgIpc) is 2.04. The summed E-state index contributed by atoms with van der Waals surface area (Å²) in [6.45, 7) is 6.19. The van der Waals surface area contributed by atoms with Crippen molar-refractivity contribution >= 4 is 5.97 Å². The minimum absolute atomic E-state index is 0.281. The Balaban J connectivity index is 2.67. The van der Waals surface area contributed by atoms with E-state index >= 15 is 0 Å². The molecule has 0 aromatic carbocycles. The van der Waals surface area contributed by atoms with Crippen molar-refractivity contribution in [2.45, 2.75) is 25.9 Å². The lowest BCUT2D eigenvalue weighted by atomic mass is 9.91. The molecule has 1 rings (SSSR count). The molecule has 0 spiro atoms. The standard InChI is InChI=1S/C9H14O3/c1-6(2)8-7(9(10)11)4-3-5-12-8/h7-8H,1,3-5H2,2H3,(H,10,11)/t7-,8+/m1/s1. The Hall–Kier alpha value is -0.830. The lowest BCUT2D eigenvalue weighted by Gasteiger charge is -2.29. The Kier molecular flexibility index (Phi) is 2.87. The van der Waals surface area contributed by atoms with Crippen molar-refractivity contribution in [2.75, 3.05) is 6.61 Å². The number of rotatable bonds is 2. The number of ether oxygens (including phenoxy) is 1. The summed E-state index contributed by atoms with van der Waals surface area (Å²) in [6.07, 6.45) is 1.25. The molecule has 1 aliphatic rings. The second kappa shape index (κ2) is 3.72. The van der Waals surface area contributed by atoms with E-state index < -0.39 is 11.9 Å². The van der Waals surface area contributed by atoms with Gasteiger partial charge in [-0.3, -0.25) is 4.79 Å². The number of hydrogen-bond donors (Lipinski definition) is 1. The fourth-order valence-corrected chi connectivity index (χ4v) is 1.52. The number of carbonyl (C=O) groups is 1. The van der Waals surface area contributed by atoms with Gasteiger partial charge in [-0.2, -0.15) is 0 Å². The van der Waals surface area contributed by atoms with Gasteiger partial charge in [-0.1, -0.05) is 12.2 Å². The normalized spacial score (nSPS) is 29.8. The Morgan fingerprint density at radius 3 is 2.75 bits per heavy atom. The molecule has 0 aromatic rings. The van der Waals surface area contributed by atoms with E-state index in [4.69, 9.17) is 9.84 Å². The third-order valence-electron chi connectivity index (χ3n) is 2.13. The maximum absolute atomic E-state index is 10.7. The number of carboxylic acid groups (broad SMARTS) is 1. The summed E-state index contributed by atoms with van der Waals surface area (Å²) in [5.74, 6) is -1.17. The van der Waals surface area contributed by atoms with E-state index in [1.807, 2.05) is 6.92 Å². The summed E-state index contributed by atoms with van der Waals surface area (Å²) in [6, 6.07) is 0. The van der Waals surface area contributed by atoms with Crippen molar-refractivity contribution in [2.24, 2.45) is 5.92 Å². The predicted molar refractivity (Wildman–Crippen MR) is 44.9 cm³/mol. The number of carboxylic acids is 1. The Bertz CT molecular complexity index is 176. The molecule has 0 saturated carbocycles. The van der Waals surface area contributed by atoms with E-state index in [9.17, 15) is 4.79 Å². The van der Waals surface area contributed by atoms with Crippen LogP contribution in [-0.4, -0.2) is 23.8 Å². The molecule has 2 atom stereocenters. The molecule has 0 unspecified atom stereocenters. The molecular formula is C9H14O3. The van der Waals surface area contributed by atoms with Gasteiger partial charge in [0.05, 0.1) is 12.0 Å². The highest BCUT2D eigenvalue weighted by Crippen LogP contribution is 2.25. The second-order valence-electron chi connectivity index (χ2n) is 3.22. The molecule has 0 radical (unpaired) electrons. The maximum atomic E-state index is 10.7. The van der Waals surface area contributed by atoms with Crippen molar-refractivity contribution < 1.29 is 14.6 Å². The first-order valence-electron chi connectivity index (χ1n) is 4.12. The van der Waals surface area contributed by atoms with Crippen LogP contribution in [0.3, 0.4) is 0 Å². The van der Waals surface area contributed by atoms with Gasteiger partial charge in [0.25, 0.3) is 0 Å². The topological polar surface area (TPSA) is 46.5 Å². The average molecular weight is 170 g/mol. The van der Waals surface area contributed by atoms with E-state index in [1.165, 1.54) is 0 Å². The highest BCUT2D eigenvalue weighted by Gasteiger charge is 2.31. The van der Waals surface area contributed by atoms with Crippen LogP contribution in [0.15, 0.2) is 12.2 Å². The van der Waals surface area contributed by atoms with Crippen LogP contribution in [0, 0.1) is 5.92 Å². The Morgan fingerprint density at radius 1 is 1.67 bits per heavy atom. The van der Waals surface area contributed by atoms with Crippen molar-refractivity contribution in [3.8, 4) is 0 Å². The van der Waals surface area contributed by atoms with Gasteiger partial charge in [-0.05, 0) is 19.8 Å². The molecule has 3 heteroatoms. The van der Waals surface area contributed by atoms with Gasteiger partial charge in [0.2, 0.25) is 0 Å². The third-order valence-corrected chi connectivity index (χ3v) is 2.13. The van der Waals surface area contributed by atoms with Gasteiger partial charge in [-0.15, -0.1) is 0 Å². The van der Waals surface area contributed by atoms with Crippen LogP contribution in [0.4, 0.5) is 0 Å². The largest absolute Gasteiger partial charge is 0.481 e. The van der Waals surface area contributed by atoms with Crippen LogP contribution >= 0.6 is 0 Å². The quantitative estimate of drug-likeness (QED) is 0.638. The molecule has 0 amide bonds. The van der Waals surface area contributed by atoms with E-state index in [0.29, 0.717) is 13.0 Å². The first-order valence-corrected chi connectivity index (χ1v) is 4.12. The maximum Gasteiger partial charge on any atom is 0.309 e. The summed E-state index contributed by atoms with van der Waals surface area (Å²) >= 11 is 0. The fourth-order valence-electron chi connectivity index (χ4n) is 1.52. The molecule has 1 saturated heterocycles. The molecule has 12 heavy (non-hydrogen) atoms. The molecule has 1 fully saturated rings. The molecule has 0 aliphatic carbocycles. The van der Waals surface area contributed by atoms with Gasteiger partial charge in [0.1, 0.15) is 0 Å². The fraction of sp³-hybridized carbons (Fsp3) is 0.667. The summed E-state index contributed by atoms with van der Waals surface area (Å²) in [7, 11) is 0. The van der Waals surface area contributed by atoms with Gasteiger partial charge >= 0.3 is 5.97 Å². The van der Waals surface area contributed by atoms with Crippen LogP contribution in [0.1, 0.15) is 19.8 Å². The summed E-state index contributed by atoms with van der Waals surface area (Å²) < 4.78 is 5.33. The second-order valence-corrected chi connectivity index (χ2v) is 3.22. The molecule has 68 valence electrons. The van der Waals surface area contributed by atoms with E-state index in [1.54, 1.807) is 0 Å². The molecular weight excluding hydrogens is 156 g/mol. The number of hydrogen-bond acceptors (Lipinski definition) is 2. The monoisotopic (exact) mass is 170 g/mol. The molecule has 1 heterocycles. The first-order chi connectivity index (χ1) is 5.63. The Labute approximate surface area is 72.0 Å². The first kappa shape index (κ1) is 9.26. The zero-order valence-electron chi connectivity index (χ0n) is 7.25. The predicted octanol–water partition coefficient (Wildman–Crippen LogP) is 1.44. The van der Waals surface area contributed by atoms with Crippen LogP contribution in [-0.2, 0) is 9.53 Å². The van der Waals surface area contributed by atoms with Crippen molar-refractivity contribution in [1.29, 1.82) is 0 Å². The van der Waals surface area contributed by atoms with Crippen LogP contribution in [0.25, 0.3) is 0 Å². The van der Waals surface area contributed by atoms with Crippen molar-refractivity contribution in [1.82, 2.24) is 0 Å². The van der Waals surface area contributed by atoms with Crippen molar-refractivity contribution in [3.63, 3.8) is 0 Å². The van der Waals surface area contributed by atoms with Crippen molar-refractivity contribution in [3.05, 3.63) is 12.2 Å². The van der Waals surface area contributed by atoms with Crippen LogP contribution in [0.5, 0.6) is 0 Å². The smallest absolute Gasteiger partial charge is 0.309 e. The highest BCUT2D eigenvalue weighted by atomic mass is 16.5. The molecule has 3 nitrogen and oxygen atoms in total. The minimum Gasteiger partial charge on any atom is -0.481 e.